The van der Waals surface area contributed by atoms with Gasteiger partial charge in [-0.25, -0.2) is 0 Å². The first-order valence-corrected chi connectivity index (χ1v) is 8.45. The molecule has 0 aliphatic carbocycles. The number of nitrogens with one attached hydrogen (secondary N) is 1. The Morgan fingerprint density at radius 2 is 2.13 bits per heavy atom. The topological polar surface area (TPSA) is 41.6 Å². The van der Waals surface area contributed by atoms with Crippen LogP contribution in [0.4, 0.5) is 0 Å². The zero-order valence-electron chi connectivity index (χ0n) is 13.7. The highest BCUT2D eigenvalue weighted by molar-refractivity contribution is 5.85. The number of morpholine rings is 1. The van der Waals surface area contributed by atoms with Crippen LogP contribution in [0.3, 0.4) is 0 Å². The predicted octanol–water partition coefficient (Wildman–Crippen LogP) is 2.44. The maximum absolute atomic E-state index is 12.6. The average Bonchev–Trinajstić information content (AvgIpc) is 2.62. The maximum Gasteiger partial charge on any atom is 0.253 e. The van der Waals surface area contributed by atoms with E-state index in [4.69, 9.17) is 4.74 Å². The normalized spacial score (nSPS) is 28.0. The van der Waals surface area contributed by atoms with E-state index >= 15 is 0 Å². The number of piperidine rings is 1. The third-order valence-corrected chi connectivity index (χ3v) is 5.00. The number of carbonyl (C=O) groups is 1. The molecular weight excluding hydrogens is 312 g/mol. The van der Waals surface area contributed by atoms with Gasteiger partial charge in [0.1, 0.15) is 6.10 Å². The smallest absolute Gasteiger partial charge is 0.253 e. The molecule has 3 unspecified atom stereocenters. The molecule has 1 aromatic rings. The molecule has 0 radical (unpaired) electrons. The summed E-state index contributed by atoms with van der Waals surface area (Å²) in [4.78, 5) is 14.6. The van der Waals surface area contributed by atoms with Crippen molar-refractivity contribution in [2.45, 2.75) is 31.8 Å². The lowest BCUT2D eigenvalue weighted by atomic mass is 9.79. The third kappa shape index (κ3) is 4.25. The molecule has 0 aromatic heterocycles. The van der Waals surface area contributed by atoms with Crippen LogP contribution in [0.5, 0.6) is 0 Å². The minimum Gasteiger partial charge on any atom is -0.366 e. The molecule has 2 aliphatic heterocycles. The number of benzene rings is 1. The van der Waals surface area contributed by atoms with Crippen LogP contribution in [0.15, 0.2) is 30.3 Å². The molecular formula is C18H27ClN2O2. The predicted molar refractivity (Wildman–Crippen MR) is 94.0 cm³/mol. The van der Waals surface area contributed by atoms with Gasteiger partial charge in [0, 0.05) is 26.2 Å². The highest BCUT2D eigenvalue weighted by Gasteiger charge is 2.34. The van der Waals surface area contributed by atoms with Crippen LogP contribution < -0.4 is 5.32 Å². The monoisotopic (exact) mass is 338 g/mol. The Balaban J connectivity index is 0.00000192. The second-order valence-corrected chi connectivity index (χ2v) is 6.32. The quantitative estimate of drug-likeness (QED) is 0.920. The molecule has 1 aromatic carbocycles. The highest BCUT2D eigenvalue weighted by Crippen LogP contribution is 2.35. The Kier molecular flexibility index (Phi) is 6.88. The van der Waals surface area contributed by atoms with Gasteiger partial charge in [-0.3, -0.25) is 4.79 Å². The SMILES string of the molecule is CCC1CN(C(=O)C2CNCCO2)CCC1c1ccccc1.Cl. The van der Waals surface area contributed by atoms with Crippen molar-refractivity contribution < 1.29 is 9.53 Å². The number of hydrogen-bond donors (Lipinski definition) is 1. The van der Waals surface area contributed by atoms with Crippen molar-refractivity contribution >= 4 is 18.3 Å². The average molecular weight is 339 g/mol. The lowest BCUT2D eigenvalue weighted by Gasteiger charge is -2.40. The van der Waals surface area contributed by atoms with Crippen LogP contribution in [-0.4, -0.2) is 49.7 Å². The lowest BCUT2D eigenvalue weighted by molar-refractivity contribution is -0.147. The third-order valence-electron chi connectivity index (χ3n) is 5.00. The highest BCUT2D eigenvalue weighted by atomic mass is 35.5. The number of carbonyl (C=O) groups excluding carboxylic acids is 1. The maximum atomic E-state index is 12.6. The van der Waals surface area contributed by atoms with Crippen LogP contribution >= 0.6 is 12.4 Å². The van der Waals surface area contributed by atoms with E-state index in [0.29, 0.717) is 25.0 Å². The van der Waals surface area contributed by atoms with Gasteiger partial charge < -0.3 is 15.0 Å². The van der Waals surface area contributed by atoms with Gasteiger partial charge >= 0.3 is 0 Å². The fourth-order valence-electron chi connectivity index (χ4n) is 3.71. The van der Waals surface area contributed by atoms with Crippen molar-refractivity contribution in [1.29, 1.82) is 0 Å². The minimum absolute atomic E-state index is 0. The van der Waals surface area contributed by atoms with Gasteiger partial charge in [0.2, 0.25) is 0 Å². The first-order valence-electron chi connectivity index (χ1n) is 8.45. The zero-order chi connectivity index (χ0) is 15.4. The van der Waals surface area contributed by atoms with Crippen LogP contribution in [0.2, 0.25) is 0 Å². The van der Waals surface area contributed by atoms with Crippen LogP contribution in [0.25, 0.3) is 0 Å². The summed E-state index contributed by atoms with van der Waals surface area (Å²) in [5.41, 5.74) is 1.41. The van der Waals surface area contributed by atoms with E-state index in [0.717, 1.165) is 32.5 Å². The second-order valence-electron chi connectivity index (χ2n) is 6.32. The molecule has 0 spiro atoms. The molecule has 3 rings (SSSR count). The van der Waals surface area contributed by atoms with Gasteiger partial charge in [0.25, 0.3) is 5.91 Å². The number of likely N-dealkylation sites (tertiary alicyclic amines) is 1. The molecule has 1 N–H and O–H groups in total. The molecule has 2 heterocycles. The van der Waals surface area contributed by atoms with Crippen LogP contribution in [-0.2, 0) is 9.53 Å². The number of rotatable bonds is 3. The van der Waals surface area contributed by atoms with Crippen LogP contribution in [0, 0.1) is 5.92 Å². The van der Waals surface area contributed by atoms with Gasteiger partial charge in [-0.1, -0.05) is 43.7 Å². The van der Waals surface area contributed by atoms with Crippen molar-refractivity contribution in [2.75, 3.05) is 32.8 Å². The molecule has 0 bridgehead atoms. The summed E-state index contributed by atoms with van der Waals surface area (Å²) in [5, 5.41) is 3.24. The second kappa shape index (κ2) is 8.67. The number of amides is 1. The largest absolute Gasteiger partial charge is 0.366 e. The lowest BCUT2D eigenvalue weighted by Crippen LogP contribution is -2.52. The Labute approximate surface area is 145 Å². The Hall–Kier alpha value is -1.10. The molecule has 23 heavy (non-hydrogen) atoms. The van der Waals surface area contributed by atoms with Crippen molar-refractivity contribution in [2.24, 2.45) is 5.92 Å². The molecule has 3 atom stereocenters. The Morgan fingerprint density at radius 1 is 1.35 bits per heavy atom. The van der Waals surface area contributed by atoms with Crippen molar-refractivity contribution in [3.05, 3.63) is 35.9 Å². The number of nitrogens with zero attached hydrogens (tertiary/aromatic N) is 1. The van der Waals surface area contributed by atoms with Crippen LogP contribution in [0.1, 0.15) is 31.2 Å². The van der Waals surface area contributed by atoms with E-state index in [9.17, 15) is 4.79 Å². The summed E-state index contributed by atoms with van der Waals surface area (Å²) in [6.07, 6.45) is 1.86. The summed E-state index contributed by atoms with van der Waals surface area (Å²) in [7, 11) is 0. The summed E-state index contributed by atoms with van der Waals surface area (Å²) in [6.45, 7) is 6.05. The summed E-state index contributed by atoms with van der Waals surface area (Å²) < 4.78 is 5.62. The first kappa shape index (κ1) is 18.2. The zero-order valence-corrected chi connectivity index (χ0v) is 14.6. The fraction of sp³-hybridized carbons (Fsp3) is 0.611. The molecule has 1 amide bonds. The molecule has 2 fully saturated rings. The van der Waals surface area contributed by atoms with E-state index in [1.807, 2.05) is 4.90 Å². The number of halogens is 1. The van der Waals surface area contributed by atoms with Gasteiger partial charge in [0.15, 0.2) is 0 Å². The minimum atomic E-state index is -0.292. The number of ether oxygens (including phenoxy) is 1. The molecule has 0 saturated carbocycles. The standard InChI is InChI=1S/C18H26N2O2.ClH/c1-2-14-13-20(18(21)17-12-19-9-11-22-17)10-8-16(14)15-6-4-3-5-7-15;/h3-7,14,16-17,19H,2,8-13H2,1H3;1H. The van der Waals surface area contributed by atoms with E-state index in [1.54, 1.807) is 0 Å². The van der Waals surface area contributed by atoms with E-state index < -0.39 is 0 Å². The summed E-state index contributed by atoms with van der Waals surface area (Å²) in [6, 6.07) is 10.7. The fourth-order valence-corrected chi connectivity index (χ4v) is 3.71. The summed E-state index contributed by atoms with van der Waals surface area (Å²) >= 11 is 0. The molecule has 128 valence electrons. The summed E-state index contributed by atoms with van der Waals surface area (Å²) in [5.74, 6) is 1.27. The van der Waals surface area contributed by atoms with Gasteiger partial charge in [-0.2, -0.15) is 0 Å². The molecule has 2 saturated heterocycles. The van der Waals surface area contributed by atoms with Gasteiger partial charge in [0.05, 0.1) is 6.61 Å². The van der Waals surface area contributed by atoms with Crippen molar-refractivity contribution in [3.63, 3.8) is 0 Å². The molecule has 2 aliphatic rings. The van der Waals surface area contributed by atoms with Crippen molar-refractivity contribution in [3.8, 4) is 0 Å². The number of hydrogen-bond acceptors (Lipinski definition) is 3. The van der Waals surface area contributed by atoms with Gasteiger partial charge in [-0.15, -0.1) is 12.4 Å². The van der Waals surface area contributed by atoms with E-state index in [1.165, 1.54) is 5.56 Å². The molecule has 5 heteroatoms. The van der Waals surface area contributed by atoms with Crippen molar-refractivity contribution in [1.82, 2.24) is 10.2 Å². The van der Waals surface area contributed by atoms with Gasteiger partial charge in [-0.05, 0) is 23.8 Å². The Bertz CT molecular complexity index is 491. The van der Waals surface area contributed by atoms with E-state index in [2.05, 4.69) is 42.6 Å². The van der Waals surface area contributed by atoms with E-state index in [-0.39, 0.29) is 24.4 Å². The Morgan fingerprint density at radius 3 is 2.78 bits per heavy atom. The molecule has 4 nitrogen and oxygen atoms in total. The first-order chi connectivity index (χ1) is 10.8.